The Labute approximate surface area is 121 Å². The number of hydrogen-bond donors (Lipinski definition) is 0. The van der Waals surface area contributed by atoms with Crippen LogP contribution < -0.4 is 0 Å². The predicted octanol–water partition coefficient (Wildman–Crippen LogP) is 3.81. The van der Waals surface area contributed by atoms with Gasteiger partial charge in [-0.25, -0.2) is 0 Å². The molecule has 0 spiro atoms. The van der Waals surface area contributed by atoms with Crippen molar-refractivity contribution in [2.24, 2.45) is 0 Å². The Morgan fingerprint density at radius 3 is 2.20 bits per heavy atom. The second kappa shape index (κ2) is 6.36. The summed E-state index contributed by atoms with van der Waals surface area (Å²) >= 11 is 0. The molecule has 0 N–H and O–H groups in total. The highest BCUT2D eigenvalue weighted by molar-refractivity contribution is 5.37. The number of nitrogens with zero attached hydrogens (tertiary/aromatic N) is 2. The van der Waals surface area contributed by atoms with Gasteiger partial charge in [-0.1, -0.05) is 30.3 Å². The van der Waals surface area contributed by atoms with Gasteiger partial charge in [-0.05, 0) is 55.3 Å². The van der Waals surface area contributed by atoms with E-state index in [-0.39, 0.29) is 0 Å². The van der Waals surface area contributed by atoms with Gasteiger partial charge in [0.25, 0.3) is 0 Å². The van der Waals surface area contributed by atoms with Gasteiger partial charge in [-0.2, -0.15) is 5.26 Å². The second-order valence-electron chi connectivity index (χ2n) is 5.35. The van der Waals surface area contributed by atoms with Gasteiger partial charge in [0.15, 0.2) is 0 Å². The van der Waals surface area contributed by atoms with Crippen LogP contribution in [0.3, 0.4) is 0 Å². The molecule has 0 atom stereocenters. The van der Waals surface area contributed by atoms with Crippen molar-refractivity contribution in [2.75, 3.05) is 7.05 Å². The lowest BCUT2D eigenvalue weighted by molar-refractivity contribution is 0.318. The summed E-state index contributed by atoms with van der Waals surface area (Å²) in [5.41, 5.74) is 5.88. The van der Waals surface area contributed by atoms with Crippen LogP contribution in [0.1, 0.15) is 27.8 Å². The number of hydrogen-bond acceptors (Lipinski definition) is 2. The summed E-state index contributed by atoms with van der Waals surface area (Å²) in [5, 5.41) is 8.90. The van der Waals surface area contributed by atoms with Crippen LogP contribution >= 0.6 is 0 Å². The van der Waals surface area contributed by atoms with E-state index in [9.17, 15) is 0 Å². The standard InChI is InChI=1S/C18H20N2/c1-14-6-4-5-7-17(14)12-20(3)13-18-9-8-16(11-19)10-15(18)2/h4-10H,12-13H2,1-3H3. The SMILES string of the molecule is Cc1ccccc1CN(C)Cc1ccc(C#N)cc1C. The summed E-state index contributed by atoms with van der Waals surface area (Å²) < 4.78 is 0. The second-order valence-corrected chi connectivity index (χ2v) is 5.35. The van der Waals surface area contributed by atoms with Gasteiger partial charge in [-0.3, -0.25) is 4.90 Å². The zero-order valence-electron chi connectivity index (χ0n) is 12.4. The summed E-state index contributed by atoms with van der Waals surface area (Å²) in [5.74, 6) is 0. The summed E-state index contributed by atoms with van der Waals surface area (Å²) in [4.78, 5) is 2.30. The smallest absolute Gasteiger partial charge is 0.0991 e. The first-order chi connectivity index (χ1) is 9.60. The summed E-state index contributed by atoms with van der Waals surface area (Å²) in [7, 11) is 2.13. The highest BCUT2D eigenvalue weighted by atomic mass is 15.1. The quantitative estimate of drug-likeness (QED) is 0.839. The Morgan fingerprint density at radius 1 is 0.950 bits per heavy atom. The molecule has 2 aromatic rings. The lowest BCUT2D eigenvalue weighted by Gasteiger charge is -2.19. The van der Waals surface area contributed by atoms with Crippen molar-refractivity contribution in [3.05, 3.63) is 70.3 Å². The highest BCUT2D eigenvalue weighted by Crippen LogP contribution is 2.15. The Kier molecular flexibility index (Phi) is 4.55. The topological polar surface area (TPSA) is 27.0 Å². The fourth-order valence-corrected chi connectivity index (χ4v) is 2.37. The van der Waals surface area contributed by atoms with Crippen LogP contribution in [0.15, 0.2) is 42.5 Å². The molecule has 2 rings (SSSR count). The molecule has 0 aliphatic rings. The van der Waals surface area contributed by atoms with Crippen LogP contribution in [-0.2, 0) is 13.1 Å². The third kappa shape index (κ3) is 3.46. The Hall–Kier alpha value is -2.11. The van der Waals surface area contributed by atoms with Crippen molar-refractivity contribution < 1.29 is 0 Å². The van der Waals surface area contributed by atoms with Crippen molar-refractivity contribution in [3.63, 3.8) is 0 Å². The predicted molar refractivity (Wildman–Crippen MR) is 82.2 cm³/mol. The number of benzene rings is 2. The van der Waals surface area contributed by atoms with E-state index < -0.39 is 0 Å². The van der Waals surface area contributed by atoms with E-state index in [1.165, 1.54) is 22.3 Å². The molecule has 2 aromatic carbocycles. The van der Waals surface area contributed by atoms with Crippen LogP contribution in [0, 0.1) is 25.2 Å². The molecule has 2 heteroatoms. The molecule has 0 fully saturated rings. The van der Waals surface area contributed by atoms with Gasteiger partial charge in [0.2, 0.25) is 0 Å². The summed E-state index contributed by atoms with van der Waals surface area (Å²) in [6, 6.07) is 16.6. The molecule has 0 bridgehead atoms. The lowest BCUT2D eigenvalue weighted by Crippen LogP contribution is -2.18. The van der Waals surface area contributed by atoms with E-state index in [4.69, 9.17) is 5.26 Å². The zero-order valence-corrected chi connectivity index (χ0v) is 12.4. The Bertz CT molecular complexity index is 638. The number of aryl methyl sites for hydroxylation is 2. The van der Waals surface area contributed by atoms with Crippen LogP contribution in [0.25, 0.3) is 0 Å². The van der Waals surface area contributed by atoms with E-state index in [1.807, 2.05) is 12.1 Å². The molecule has 0 unspecified atom stereocenters. The van der Waals surface area contributed by atoms with E-state index in [0.29, 0.717) is 0 Å². The van der Waals surface area contributed by atoms with Crippen molar-refractivity contribution in [1.29, 1.82) is 5.26 Å². The maximum absolute atomic E-state index is 8.90. The molecule has 0 amide bonds. The molecule has 2 nitrogen and oxygen atoms in total. The van der Waals surface area contributed by atoms with Crippen molar-refractivity contribution in [1.82, 2.24) is 4.90 Å². The normalized spacial score (nSPS) is 10.6. The molecule has 102 valence electrons. The number of rotatable bonds is 4. The average molecular weight is 264 g/mol. The monoisotopic (exact) mass is 264 g/mol. The molecule has 0 aromatic heterocycles. The van der Waals surface area contributed by atoms with Crippen LogP contribution in [-0.4, -0.2) is 11.9 Å². The Balaban J connectivity index is 2.07. The maximum Gasteiger partial charge on any atom is 0.0991 e. The first-order valence-corrected chi connectivity index (χ1v) is 6.83. The van der Waals surface area contributed by atoms with Gasteiger partial charge in [0.05, 0.1) is 11.6 Å². The highest BCUT2D eigenvalue weighted by Gasteiger charge is 2.06. The third-order valence-corrected chi connectivity index (χ3v) is 3.61. The van der Waals surface area contributed by atoms with E-state index in [2.05, 4.69) is 62.2 Å². The van der Waals surface area contributed by atoms with E-state index >= 15 is 0 Å². The molecular formula is C18H20N2. The molecule has 0 radical (unpaired) electrons. The van der Waals surface area contributed by atoms with Gasteiger partial charge < -0.3 is 0 Å². The minimum Gasteiger partial charge on any atom is -0.298 e. The zero-order chi connectivity index (χ0) is 14.5. The largest absolute Gasteiger partial charge is 0.298 e. The van der Waals surface area contributed by atoms with Crippen molar-refractivity contribution in [3.8, 4) is 6.07 Å². The van der Waals surface area contributed by atoms with Crippen molar-refractivity contribution in [2.45, 2.75) is 26.9 Å². The maximum atomic E-state index is 8.90. The van der Waals surface area contributed by atoms with Crippen LogP contribution in [0.2, 0.25) is 0 Å². The first-order valence-electron chi connectivity index (χ1n) is 6.83. The van der Waals surface area contributed by atoms with E-state index in [0.717, 1.165) is 18.7 Å². The molecular weight excluding hydrogens is 244 g/mol. The number of nitriles is 1. The summed E-state index contributed by atoms with van der Waals surface area (Å²) in [6.45, 7) is 6.05. The molecule has 0 saturated heterocycles. The molecule has 20 heavy (non-hydrogen) atoms. The van der Waals surface area contributed by atoms with Crippen LogP contribution in [0.4, 0.5) is 0 Å². The first kappa shape index (κ1) is 14.3. The third-order valence-electron chi connectivity index (χ3n) is 3.61. The minimum absolute atomic E-state index is 0.729. The lowest BCUT2D eigenvalue weighted by atomic mass is 10.0. The van der Waals surface area contributed by atoms with Gasteiger partial charge in [0.1, 0.15) is 0 Å². The van der Waals surface area contributed by atoms with E-state index in [1.54, 1.807) is 0 Å². The molecule has 0 heterocycles. The Morgan fingerprint density at radius 2 is 1.60 bits per heavy atom. The van der Waals surface area contributed by atoms with Gasteiger partial charge >= 0.3 is 0 Å². The molecule has 0 aliphatic heterocycles. The fourth-order valence-electron chi connectivity index (χ4n) is 2.37. The molecule has 0 aliphatic carbocycles. The van der Waals surface area contributed by atoms with Crippen molar-refractivity contribution >= 4 is 0 Å². The summed E-state index contributed by atoms with van der Waals surface area (Å²) in [6.07, 6.45) is 0. The van der Waals surface area contributed by atoms with Crippen LogP contribution in [0.5, 0.6) is 0 Å². The minimum atomic E-state index is 0.729. The van der Waals surface area contributed by atoms with Gasteiger partial charge in [-0.15, -0.1) is 0 Å². The van der Waals surface area contributed by atoms with Gasteiger partial charge in [0, 0.05) is 13.1 Å². The average Bonchev–Trinajstić information content (AvgIpc) is 2.43. The molecule has 0 saturated carbocycles. The fraction of sp³-hybridized carbons (Fsp3) is 0.278.